The van der Waals surface area contributed by atoms with E-state index in [4.69, 9.17) is 10.8 Å². The summed E-state index contributed by atoms with van der Waals surface area (Å²) in [6.45, 7) is -0.276. The summed E-state index contributed by atoms with van der Waals surface area (Å²) in [4.78, 5) is 24.1. The lowest BCUT2D eigenvalue weighted by molar-refractivity contribution is -0.147. The van der Waals surface area contributed by atoms with Gasteiger partial charge in [0, 0.05) is 0 Å². The van der Waals surface area contributed by atoms with E-state index in [1.54, 1.807) is 12.1 Å². The molecule has 2 atom stereocenters. The number of aromatic amines is 1. The van der Waals surface area contributed by atoms with Crippen molar-refractivity contribution in [3.05, 3.63) is 30.3 Å². The van der Waals surface area contributed by atoms with Gasteiger partial charge in [0.25, 0.3) is 11.9 Å². The number of hydrazine groups is 1. The number of carbonyl (C=O) groups is 2. The van der Waals surface area contributed by atoms with Crippen LogP contribution in [0.4, 0.5) is 11.6 Å². The summed E-state index contributed by atoms with van der Waals surface area (Å²) < 4.78 is 0. The number of H-pyrrole nitrogens is 1. The number of hydrogen-bond acceptors (Lipinski definition) is 8. The molecule has 24 heavy (non-hydrogen) atoms. The number of benzene rings is 1. The lowest BCUT2D eigenvalue weighted by Gasteiger charge is -2.44. The van der Waals surface area contributed by atoms with E-state index in [1.807, 2.05) is 18.2 Å². The Kier molecular flexibility index (Phi) is 4.35. The Labute approximate surface area is 136 Å². The highest BCUT2D eigenvalue weighted by molar-refractivity contribution is 5.95. The maximum atomic E-state index is 12.4. The van der Waals surface area contributed by atoms with Crippen LogP contribution in [0.25, 0.3) is 0 Å². The monoisotopic (exact) mass is 332 g/mol. The van der Waals surface area contributed by atoms with E-state index in [2.05, 4.69) is 25.9 Å². The van der Waals surface area contributed by atoms with Gasteiger partial charge in [-0.15, -0.1) is 5.10 Å². The molecule has 1 fully saturated rings. The van der Waals surface area contributed by atoms with Gasteiger partial charge in [-0.1, -0.05) is 23.3 Å². The Morgan fingerprint density at radius 3 is 2.83 bits per heavy atom. The van der Waals surface area contributed by atoms with E-state index in [9.17, 15) is 9.59 Å². The van der Waals surface area contributed by atoms with Crippen molar-refractivity contribution in [3.8, 4) is 0 Å². The number of nitrogens with two attached hydrogens (primary N) is 1. The first-order valence-corrected chi connectivity index (χ1v) is 7.18. The molecule has 2 heterocycles. The quantitative estimate of drug-likeness (QED) is 0.439. The number of nitrogens with one attached hydrogen (secondary N) is 2. The second kappa shape index (κ2) is 6.60. The van der Waals surface area contributed by atoms with Crippen LogP contribution in [0.5, 0.6) is 0 Å². The molecule has 2 aromatic rings. The summed E-state index contributed by atoms with van der Waals surface area (Å²) >= 11 is 0. The summed E-state index contributed by atoms with van der Waals surface area (Å²) in [5.74, 6) is -0.727. The molecule has 1 aromatic carbocycles. The van der Waals surface area contributed by atoms with Gasteiger partial charge in [-0.25, -0.2) is 10.0 Å². The molecule has 2 amide bonds. The van der Waals surface area contributed by atoms with Crippen molar-refractivity contribution >= 4 is 23.5 Å². The largest absolute Gasteiger partial charge is 0.394 e. The standard InChI is InChI=1S/C13H16N8O3/c14-9(7-22)11(23)15-10-6-20(12(10)24)21(13-16-18-19-17-13)8-4-2-1-3-5-8/h1-5,9-10,22H,6-7,14H2,(H,15,23)(H,16,17,18,19)/t9-,10-/m0/s1. The third-order valence-corrected chi connectivity index (χ3v) is 3.52. The van der Waals surface area contributed by atoms with Crippen molar-refractivity contribution < 1.29 is 14.7 Å². The van der Waals surface area contributed by atoms with Gasteiger partial charge < -0.3 is 16.2 Å². The fourth-order valence-corrected chi connectivity index (χ4v) is 2.24. The van der Waals surface area contributed by atoms with Crippen molar-refractivity contribution in [3.63, 3.8) is 0 Å². The van der Waals surface area contributed by atoms with Gasteiger partial charge in [0.2, 0.25) is 5.91 Å². The van der Waals surface area contributed by atoms with Crippen LogP contribution in [-0.4, -0.2) is 67.8 Å². The Morgan fingerprint density at radius 1 is 1.50 bits per heavy atom. The lowest BCUT2D eigenvalue weighted by atomic mass is 10.1. The first-order valence-electron chi connectivity index (χ1n) is 7.18. The first-order chi connectivity index (χ1) is 11.6. The molecule has 0 radical (unpaired) electrons. The fraction of sp³-hybridized carbons (Fsp3) is 0.308. The van der Waals surface area contributed by atoms with E-state index < -0.39 is 24.6 Å². The number of amides is 2. The number of hydrogen-bond donors (Lipinski definition) is 4. The molecule has 11 heteroatoms. The van der Waals surface area contributed by atoms with Crippen LogP contribution in [0.3, 0.4) is 0 Å². The maximum Gasteiger partial charge on any atom is 0.289 e. The minimum atomic E-state index is -1.06. The molecule has 11 nitrogen and oxygen atoms in total. The average molecular weight is 332 g/mol. The third kappa shape index (κ3) is 2.89. The predicted octanol–water partition coefficient (Wildman–Crippen LogP) is -2.10. The van der Waals surface area contributed by atoms with Crippen LogP contribution in [0.15, 0.2) is 30.3 Å². The highest BCUT2D eigenvalue weighted by atomic mass is 16.3. The number of nitrogens with zero attached hydrogens (tertiary/aromatic N) is 5. The minimum Gasteiger partial charge on any atom is -0.394 e. The molecule has 1 aliphatic heterocycles. The van der Waals surface area contributed by atoms with Crippen LogP contribution in [-0.2, 0) is 9.59 Å². The maximum absolute atomic E-state index is 12.4. The number of carbonyl (C=O) groups excluding carboxylic acids is 2. The van der Waals surface area contributed by atoms with Crippen LogP contribution in [0.2, 0.25) is 0 Å². The number of β-lactam (4-membered cyclic amide) rings is 1. The molecule has 1 aliphatic rings. The number of aliphatic hydroxyl groups is 1. The molecule has 1 saturated heterocycles. The van der Waals surface area contributed by atoms with Gasteiger partial charge in [-0.05, 0) is 17.3 Å². The topological polar surface area (TPSA) is 153 Å². The highest BCUT2D eigenvalue weighted by Gasteiger charge is 2.43. The van der Waals surface area contributed by atoms with Crippen LogP contribution in [0, 0.1) is 0 Å². The van der Waals surface area contributed by atoms with E-state index in [0.29, 0.717) is 5.69 Å². The van der Waals surface area contributed by atoms with Crippen molar-refractivity contribution in [2.45, 2.75) is 12.1 Å². The molecule has 3 rings (SSSR count). The van der Waals surface area contributed by atoms with E-state index >= 15 is 0 Å². The van der Waals surface area contributed by atoms with E-state index in [1.165, 1.54) is 10.0 Å². The molecule has 126 valence electrons. The number of para-hydroxylation sites is 1. The van der Waals surface area contributed by atoms with Crippen molar-refractivity contribution in [2.75, 3.05) is 18.2 Å². The fourth-order valence-electron chi connectivity index (χ4n) is 2.24. The normalized spacial score (nSPS) is 18.0. The lowest BCUT2D eigenvalue weighted by Crippen LogP contribution is -2.69. The van der Waals surface area contributed by atoms with Crippen molar-refractivity contribution in [1.82, 2.24) is 30.9 Å². The second-order valence-corrected chi connectivity index (χ2v) is 5.13. The Hall–Kier alpha value is -3.05. The molecule has 0 unspecified atom stereocenters. The summed E-state index contributed by atoms with van der Waals surface area (Å²) in [7, 11) is 0. The Balaban J connectivity index is 1.75. The molecule has 0 saturated carbocycles. The number of aliphatic hydroxyl groups excluding tert-OH is 1. The van der Waals surface area contributed by atoms with Gasteiger partial charge in [-0.3, -0.25) is 9.59 Å². The third-order valence-electron chi connectivity index (χ3n) is 3.52. The number of rotatable bonds is 6. The zero-order valence-electron chi connectivity index (χ0n) is 12.5. The Bertz CT molecular complexity index is 707. The second-order valence-electron chi connectivity index (χ2n) is 5.13. The van der Waals surface area contributed by atoms with Gasteiger partial charge in [0.1, 0.15) is 12.1 Å². The zero-order valence-corrected chi connectivity index (χ0v) is 12.5. The van der Waals surface area contributed by atoms with Crippen LogP contribution >= 0.6 is 0 Å². The number of tetrazole rings is 1. The van der Waals surface area contributed by atoms with Gasteiger partial charge >= 0.3 is 0 Å². The van der Waals surface area contributed by atoms with Crippen LogP contribution in [0.1, 0.15) is 0 Å². The van der Waals surface area contributed by atoms with Gasteiger partial charge in [0.05, 0.1) is 18.8 Å². The van der Waals surface area contributed by atoms with Crippen molar-refractivity contribution in [1.29, 1.82) is 0 Å². The van der Waals surface area contributed by atoms with E-state index in [0.717, 1.165) is 0 Å². The Morgan fingerprint density at radius 2 is 2.25 bits per heavy atom. The first kappa shape index (κ1) is 15.8. The number of aromatic nitrogens is 4. The summed E-state index contributed by atoms with van der Waals surface area (Å²) in [5, 5.41) is 27.9. The van der Waals surface area contributed by atoms with Crippen LogP contribution < -0.4 is 16.1 Å². The average Bonchev–Trinajstić information content (AvgIpc) is 3.14. The number of anilines is 2. The molecule has 1 aromatic heterocycles. The molecular formula is C13H16N8O3. The molecule has 5 N–H and O–H groups in total. The zero-order chi connectivity index (χ0) is 17.1. The summed E-state index contributed by atoms with van der Waals surface area (Å²) in [6, 6.07) is 7.27. The summed E-state index contributed by atoms with van der Waals surface area (Å²) in [5.41, 5.74) is 6.09. The van der Waals surface area contributed by atoms with E-state index in [-0.39, 0.29) is 18.4 Å². The van der Waals surface area contributed by atoms with Gasteiger partial charge in [-0.2, -0.15) is 5.21 Å². The molecule has 0 aliphatic carbocycles. The molecule has 0 spiro atoms. The summed E-state index contributed by atoms with van der Waals surface area (Å²) in [6.07, 6.45) is 0. The SMILES string of the molecule is N[C@@H](CO)C(=O)N[C@H]1CN(N(c2ccccc2)c2nn[nH]n2)C1=O. The minimum absolute atomic E-state index is 0.200. The molecular weight excluding hydrogens is 316 g/mol. The van der Waals surface area contributed by atoms with Crippen molar-refractivity contribution in [2.24, 2.45) is 5.73 Å². The molecule has 0 bridgehead atoms. The highest BCUT2D eigenvalue weighted by Crippen LogP contribution is 2.27. The smallest absolute Gasteiger partial charge is 0.289 e. The van der Waals surface area contributed by atoms with Gasteiger partial charge in [0.15, 0.2) is 0 Å². The predicted molar refractivity (Wildman–Crippen MR) is 81.5 cm³/mol.